The Hall–Kier alpha value is -0.400. The summed E-state index contributed by atoms with van der Waals surface area (Å²) in [7, 11) is -3.83. The molecule has 1 heterocycles. The van der Waals surface area contributed by atoms with Crippen LogP contribution in [-0.2, 0) is 10.0 Å². The second-order valence-electron chi connectivity index (χ2n) is 4.22. The Labute approximate surface area is 123 Å². The summed E-state index contributed by atoms with van der Waals surface area (Å²) in [4.78, 5) is -0.358. The van der Waals surface area contributed by atoms with E-state index in [0.717, 1.165) is 0 Å². The number of piperazine rings is 1. The minimum absolute atomic E-state index is 0. The summed E-state index contributed by atoms with van der Waals surface area (Å²) in [5.74, 6) is -0.884. The zero-order chi connectivity index (χ0) is 13.3. The van der Waals surface area contributed by atoms with Crippen molar-refractivity contribution in [3.05, 3.63) is 29.0 Å². The second kappa shape index (κ2) is 6.37. The van der Waals surface area contributed by atoms with Crippen LogP contribution in [-0.4, -0.2) is 38.4 Å². The maximum absolute atomic E-state index is 13.8. The molecule has 0 aliphatic carbocycles. The van der Waals surface area contributed by atoms with Gasteiger partial charge in [-0.05, 0) is 19.1 Å². The molecule has 1 N–H and O–H groups in total. The number of hydrogen-bond donors (Lipinski definition) is 1. The van der Waals surface area contributed by atoms with Gasteiger partial charge in [-0.25, -0.2) is 12.8 Å². The van der Waals surface area contributed by atoms with Crippen molar-refractivity contribution in [1.82, 2.24) is 9.62 Å². The topological polar surface area (TPSA) is 49.4 Å². The zero-order valence-corrected chi connectivity index (χ0v) is 12.7. The first-order valence-corrected chi connectivity index (χ1v) is 7.43. The molecule has 1 aliphatic heterocycles. The Balaban J connectivity index is 0.00000180. The highest BCUT2D eigenvalue weighted by molar-refractivity contribution is 7.89. The summed E-state index contributed by atoms with van der Waals surface area (Å²) in [6.07, 6.45) is 0. The molecule has 1 aliphatic rings. The van der Waals surface area contributed by atoms with Crippen molar-refractivity contribution in [2.75, 3.05) is 19.6 Å². The van der Waals surface area contributed by atoms with Crippen LogP contribution in [0, 0.1) is 5.82 Å². The van der Waals surface area contributed by atoms with Crippen LogP contribution in [0.1, 0.15) is 6.92 Å². The lowest BCUT2D eigenvalue weighted by molar-refractivity contribution is 0.283. The molecule has 1 fully saturated rings. The SMILES string of the molecule is C[C@@H]1CNCCN1S(=O)(=O)c1cccc(Cl)c1F.Cl. The number of hydrogen-bond acceptors (Lipinski definition) is 3. The van der Waals surface area contributed by atoms with E-state index in [0.29, 0.717) is 19.6 Å². The van der Waals surface area contributed by atoms with E-state index >= 15 is 0 Å². The van der Waals surface area contributed by atoms with Crippen LogP contribution in [0.2, 0.25) is 5.02 Å². The van der Waals surface area contributed by atoms with Crippen molar-refractivity contribution in [3.63, 3.8) is 0 Å². The van der Waals surface area contributed by atoms with Crippen LogP contribution >= 0.6 is 24.0 Å². The summed E-state index contributed by atoms with van der Waals surface area (Å²) >= 11 is 5.62. The van der Waals surface area contributed by atoms with E-state index in [-0.39, 0.29) is 28.4 Å². The highest BCUT2D eigenvalue weighted by atomic mass is 35.5. The lowest BCUT2D eigenvalue weighted by Crippen LogP contribution is -2.52. The molecule has 1 aromatic carbocycles. The highest BCUT2D eigenvalue weighted by Gasteiger charge is 2.33. The number of sulfonamides is 1. The van der Waals surface area contributed by atoms with Crippen LogP contribution in [0.15, 0.2) is 23.1 Å². The van der Waals surface area contributed by atoms with E-state index in [4.69, 9.17) is 11.6 Å². The summed E-state index contributed by atoms with van der Waals surface area (Å²) in [5.41, 5.74) is 0. The van der Waals surface area contributed by atoms with Gasteiger partial charge in [0, 0.05) is 25.7 Å². The van der Waals surface area contributed by atoms with Gasteiger partial charge in [0.2, 0.25) is 10.0 Å². The molecule has 0 amide bonds. The van der Waals surface area contributed by atoms with Gasteiger partial charge >= 0.3 is 0 Å². The van der Waals surface area contributed by atoms with E-state index in [9.17, 15) is 12.8 Å². The largest absolute Gasteiger partial charge is 0.314 e. The van der Waals surface area contributed by atoms with Crippen LogP contribution in [0.4, 0.5) is 4.39 Å². The van der Waals surface area contributed by atoms with E-state index < -0.39 is 15.8 Å². The van der Waals surface area contributed by atoms with Crippen molar-refractivity contribution >= 4 is 34.0 Å². The predicted molar refractivity (Wildman–Crippen MR) is 74.9 cm³/mol. The van der Waals surface area contributed by atoms with Crippen LogP contribution in [0.5, 0.6) is 0 Å². The van der Waals surface area contributed by atoms with Crippen molar-refractivity contribution < 1.29 is 12.8 Å². The summed E-state index contributed by atoms with van der Waals surface area (Å²) < 4.78 is 39.9. The molecule has 4 nitrogen and oxygen atoms in total. The highest BCUT2D eigenvalue weighted by Crippen LogP contribution is 2.26. The molecular formula is C11H15Cl2FN2O2S. The minimum atomic E-state index is -3.83. The molecule has 1 atom stereocenters. The Bertz CT molecular complexity index is 554. The molecule has 0 saturated carbocycles. The van der Waals surface area contributed by atoms with Crippen molar-refractivity contribution in [1.29, 1.82) is 0 Å². The molecule has 19 heavy (non-hydrogen) atoms. The molecule has 0 unspecified atom stereocenters. The summed E-state index contributed by atoms with van der Waals surface area (Å²) in [6.45, 7) is 3.23. The van der Waals surface area contributed by atoms with Crippen molar-refractivity contribution in [2.45, 2.75) is 17.9 Å². The van der Waals surface area contributed by atoms with E-state index in [2.05, 4.69) is 5.32 Å². The van der Waals surface area contributed by atoms with Gasteiger partial charge in [0.1, 0.15) is 4.90 Å². The van der Waals surface area contributed by atoms with E-state index in [1.54, 1.807) is 6.92 Å². The Morgan fingerprint density at radius 1 is 1.47 bits per heavy atom. The van der Waals surface area contributed by atoms with Gasteiger partial charge in [0.15, 0.2) is 5.82 Å². The maximum atomic E-state index is 13.8. The normalized spacial score (nSPS) is 20.9. The van der Waals surface area contributed by atoms with Crippen LogP contribution in [0.25, 0.3) is 0 Å². The van der Waals surface area contributed by atoms with Crippen LogP contribution in [0.3, 0.4) is 0 Å². The van der Waals surface area contributed by atoms with Crippen molar-refractivity contribution in [2.24, 2.45) is 0 Å². The Morgan fingerprint density at radius 2 is 2.16 bits per heavy atom. The molecule has 0 spiro atoms. The molecule has 108 valence electrons. The van der Waals surface area contributed by atoms with Gasteiger partial charge in [0.25, 0.3) is 0 Å². The lowest BCUT2D eigenvalue weighted by Gasteiger charge is -2.32. The molecule has 0 bridgehead atoms. The predicted octanol–water partition coefficient (Wildman–Crippen LogP) is 1.88. The number of nitrogens with zero attached hydrogens (tertiary/aromatic N) is 1. The van der Waals surface area contributed by atoms with Gasteiger partial charge in [0.05, 0.1) is 5.02 Å². The van der Waals surface area contributed by atoms with Gasteiger partial charge in [-0.3, -0.25) is 0 Å². The standard InChI is InChI=1S/C11H14ClFN2O2S.ClH/c1-8-7-14-5-6-15(8)18(16,17)10-4-2-3-9(12)11(10)13;/h2-4,8,14H,5-7H2,1H3;1H/t8-;/m1./s1. The first kappa shape index (κ1) is 16.7. The Kier molecular flexibility index (Phi) is 5.58. The molecule has 1 aromatic rings. The van der Waals surface area contributed by atoms with Crippen LogP contribution < -0.4 is 5.32 Å². The number of nitrogens with one attached hydrogen (secondary N) is 1. The van der Waals surface area contributed by atoms with Gasteiger partial charge in [-0.1, -0.05) is 17.7 Å². The molecule has 8 heteroatoms. The van der Waals surface area contributed by atoms with Gasteiger partial charge in [-0.2, -0.15) is 4.31 Å². The lowest BCUT2D eigenvalue weighted by atomic mass is 10.3. The van der Waals surface area contributed by atoms with Gasteiger partial charge in [-0.15, -0.1) is 12.4 Å². The smallest absolute Gasteiger partial charge is 0.246 e. The van der Waals surface area contributed by atoms with Crippen molar-refractivity contribution in [3.8, 4) is 0 Å². The molecule has 2 rings (SSSR count). The monoisotopic (exact) mass is 328 g/mol. The van der Waals surface area contributed by atoms with E-state index in [1.807, 2.05) is 0 Å². The third-order valence-electron chi connectivity index (χ3n) is 2.94. The Morgan fingerprint density at radius 3 is 2.79 bits per heavy atom. The third-order valence-corrected chi connectivity index (χ3v) is 5.27. The molecule has 0 radical (unpaired) electrons. The minimum Gasteiger partial charge on any atom is -0.314 e. The quantitative estimate of drug-likeness (QED) is 0.901. The first-order chi connectivity index (χ1) is 8.44. The fourth-order valence-electron chi connectivity index (χ4n) is 1.99. The number of rotatable bonds is 2. The fraction of sp³-hybridized carbons (Fsp3) is 0.455. The zero-order valence-electron chi connectivity index (χ0n) is 10.3. The fourth-order valence-corrected chi connectivity index (χ4v) is 3.94. The molecule has 1 saturated heterocycles. The molecular weight excluding hydrogens is 314 g/mol. The maximum Gasteiger partial charge on any atom is 0.246 e. The average Bonchev–Trinajstić information content (AvgIpc) is 2.32. The first-order valence-electron chi connectivity index (χ1n) is 5.61. The average molecular weight is 329 g/mol. The summed E-state index contributed by atoms with van der Waals surface area (Å²) in [5, 5.41) is 2.91. The second-order valence-corrected chi connectivity index (χ2v) is 6.49. The van der Waals surface area contributed by atoms with E-state index in [1.165, 1.54) is 22.5 Å². The van der Waals surface area contributed by atoms with Gasteiger partial charge < -0.3 is 5.32 Å². The summed E-state index contributed by atoms with van der Waals surface area (Å²) in [6, 6.07) is 3.80. The number of halogens is 3. The third kappa shape index (κ3) is 3.20. The number of benzene rings is 1. The molecule has 0 aromatic heterocycles.